The van der Waals surface area contributed by atoms with Crippen LogP contribution in [0.15, 0.2) is 72.9 Å². The van der Waals surface area contributed by atoms with E-state index in [1.165, 1.54) is 22.8 Å². The quantitative estimate of drug-likeness (QED) is 0.170. The molecule has 0 saturated carbocycles. The van der Waals surface area contributed by atoms with Crippen LogP contribution in [-0.4, -0.2) is 21.4 Å². The van der Waals surface area contributed by atoms with E-state index in [1.807, 2.05) is 30.3 Å². The van der Waals surface area contributed by atoms with Gasteiger partial charge < -0.3 is 14.4 Å². The summed E-state index contributed by atoms with van der Waals surface area (Å²) in [6.45, 7) is -0.406. The molecule has 0 saturated heterocycles. The van der Waals surface area contributed by atoms with Gasteiger partial charge in [0.05, 0.1) is 16.7 Å². The van der Waals surface area contributed by atoms with Crippen molar-refractivity contribution in [3.63, 3.8) is 0 Å². The van der Waals surface area contributed by atoms with Gasteiger partial charge in [0.15, 0.2) is 0 Å². The Morgan fingerprint density at radius 1 is 0.865 bits per heavy atom. The van der Waals surface area contributed by atoms with Crippen molar-refractivity contribution in [3.05, 3.63) is 101 Å². The van der Waals surface area contributed by atoms with Crippen LogP contribution in [0.2, 0.25) is 0 Å². The van der Waals surface area contributed by atoms with E-state index in [1.54, 1.807) is 0 Å². The van der Waals surface area contributed by atoms with Crippen molar-refractivity contribution < 1.29 is 45.8 Å². The van der Waals surface area contributed by atoms with Gasteiger partial charge in [-0.1, -0.05) is 36.4 Å². The Bertz CT molecular complexity index is 1470. The molecule has 1 N–H and O–H groups in total. The number of hydrogen-bond acceptors (Lipinski definition) is 3. The van der Waals surface area contributed by atoms with Crippen LogP contribution in [0.5, 0.6) is 5.75 Å². The highest BCUT2D eigenvalue weighted by Gasteiger charge is 2.38. The van der Waals surface area contributed by atoms with Crippen LogP contribution in [0.3, 0.4) is 0 Å². The molecule has 1 heterocycles. The third-order valence-corrected chi connectivity index (χ3v) is 5.62. The first kappa shape index (κ1) is 25.8. The van der Waals surface area contributed by atoms with E-state index >= 15 is 0 Å². The second-order valence-corrected chi connectivity index (χ2v) is 8.13. The summed E-state index contributed by atoms with van der Waals surface area (Å²) in [4.78, 5) is 23.7. The third-order valence-electron chi connectivity index (χ3n) is 5.62. The average Bonchev–Trinajstić information content (AvgIpc) is 3.19. The summed E-state index contributed by atoms with van der Waals surface area (Å²) in [7, 11) is 0. The van der Waals surface area contributed by atoms with Gasteiger partial charge in [-0.2, -0.15) is 26.3 Å². The predicted molar refractivity (Wildman–Crippen MR) is 120 cm³/mol. The molecular formula is C26H17F6NO4. The number of ketones is 1. The summed E-state index contributed by atoms with van der Waals surface area (Å²) < 4.78 is 86.8. The van der Waals surface area contributed by atoms with E-state index in [0.717, 1.165) is 11.8 Å². The fraction of sp³-hybridized carbons (Fsp3) is 0.154. The number of ether oxygens (including phenoxy) is 1. The number of aliphatic carboxylic acids is 1. The van der Waals surface area contributed by atoms with Gasteiger partial charge in [-0.05, 0) is 41.5 Å². The maximum absolute atomic E-state index is 13.6. The van der Waals surface area contributed by atoms with Gasteiger partial charge in [-0.25, -0.2) is 4.79 Å². The minimum absolute atomic E-state index is 0.0276. The SMILES string of the molecule is O=C(O)C(=O)c1cn(Cc2ccc(C(F)(F)F)cc2C(F)(F)F)c2ccc(OCc3ccccc3)cc12. The number of hydrogen-bond donors (Lipinski definition) is 1. The van der Waals surface area contributed by atoms with Crippen molar-refractivity contribution in [3.8, 4) is 5.75 Å². The molecule has 0 bridgehead atoms. The largest absolute Gasteiger partial charge is 0.489 e. The predicted octanol–water partition coefficient (Wildman–Crippen LogP) is 6.57. The number of carboxylic acid groups (broad SMARTS) is 1. The lowest BCUT2D eigenvalue weighted by molar-refractivity contribution is -0.143. The number of rotatable bonds is 7. The van der Waals surface area contributed by atoms with Gasteiger partial charge in [0, 0.05) is 23.6 Å². The van der Waals surface area contributed by atoms with E-state index in [-0.39, 0.29) is 34.9 Å². The normalized spacial score (nSPS) is 12.1. The standard InChI is InChI=1S/C26H17F6NO4/c27-25(28,29)17-7-6-16(21(10-17)26(30,31)32)12-33-13-20(23(34)24(35)36)19-11-18(8-9-22(19)33)37-14-15-4-2-1-3-5-15/h1-11,13H,12,14H2,(H,35,36). The lowest BCUT2D eigenvalue weighted by Crippen LogP contribution is -2.15. The Kier molecular flexibility index (Phi) is 6.72. The van der Waals surface area contributed by atoms with Crippen LogP contribution in [0.4, 0.5) is 26.3 Å². The number of Topliss-reactive ketones (excluding diaryl/α,β-unsaturated/α-hetero) is 1. The van der Waals surface area contributed by atoms with E-state index < -0.39 is 47.3 Å². The molecule has 11 heteroatoms. The van der Waals surface area contributed by atoms with Gasteiger partial charge in [-0.15, -0.1) is 0 Å². The molecule has 0 fully saturated rings. The first-order valence-corrected chi connectivity index (χ1v) is 10.7. The molecule has 0 aliphatic carbocycles. The summed E-state index contributed by atoms with van der Waals surface area (Å²) in [5.74, 6) is -2.80. The lowest BCUT2D eigenvalue weighted by atomic mass is 10.0. The molecule has 192 valence electrons. The molecule has 0 aliphatic rings. The Labute approximate surface area is 205 Å². The highest BCUT2D eigenvalue weighted by atomic mass is 19.4. The number of alkyl halides is 6. The first-order chi connectivity index (χ1) is 17.3. The molecule has 1 aromatic heterocycles. The number of fused-ring (bicyclic) bond motifs is 1. The molecule has 0 atom stereocenters. The number of benzene rings is 3. The van der Waals surface area contributed by atoms with E-state index in [4.69, 9.17) is 4.74 Å². The van der Waals surface area contributed by atoms with Crippen molar-refractivity contribution in [2.75, 3.05) is 0 Å². The highest BCUT2D eigenvalue weighted by Crippen LogP contribution is 2.38. The summed E-state index contributed by atoms with van der Waals surface area (Å²) in [6, 6.07) is 14.7. The van der Waals surface area contributed by atoms with Crippen molar-refractivity contribution in [1.29, 1.82) is 0 Å². The molecular weight excluding hydrogens is 504 g/mol. The summed E-state index contributed by atoms with van der Waals surface area (Å²) in [5.41, 5.74) is -2.70. The molecule has 0 unspecified atom stereocenters. The molecule has 0 radical (unpaired) electrons. The molecule has 4 aromatic rings. The molecule has 0 amide bonds. The number of carbonyl (C=O) groups is 2. The van der Waals surface area contributed by atoms with Crippen LogP contribution in [-0.2, 0) is 30.3 Å². The monoisotopic (exact) mass is 521 g/mol. The van der Waals surface area contributed by atoms with Gasteiger partial charge in [0.25, 0.3) is 5.78 Å². The second-order valence-electron chi connectivity index (χ2n) is 8.13. The molecule has 0 aliphatic heterocycles. The average molecular weight is 521 g/mol. The summed E-state index contributed by atoms with van der Waals surface area (Å²) >= 11 is 0. The number of halogens is 6. The maximum Gasteiger partial charge on any atom is 0.416 e. The third kappa shape index (κ3) is 5.60. The van der Waals surface area contributed by atoms with Crippen molar-refractivity contribution in [2.24, 2.45) is 0 Å². The maximum atomic E-state index is 13.6. The fourth-order valence-corrected chi connectivity index (χ4v) is 3.87. The van der Waals surface area contributed by atoms with Crippen molar-refractivity contribution in [2.45, 2.75) is 25.5 Å². The van der Waals surface area contributed by atoms with Crippen LogP contribution >= 0.6 is 0 Å². The van der Waals surface area contributed by atoms with E-state index in [9.17, 15) is 41.0 Å². The topological polar surface area (TPSA) is 68.5 Å². The van der Waals surface area contributed by atoms with E-state index in [0.29, 0.717) is 12.1 Å². The number of aromatic nitrogens is 1. The van der Waals surface area contributed by atoms with Crippen LogP contribution in [0.1, 0.15) is 32.6 Å². The Morgan fingerprint density at radius 3 is 2.19 bits per heavy atom. The zero-order valence-corrected chi connectivity index (χ0v) is 18.7. The highest BCUT2D eigenvalue weighted by molar-refractivity contribution is 6.42. The molecule has 3 aromatic carbocycles. The molecule has 5 nitrogen and oxygen atoms in total. The first-order valence-electron chi connectivity index (χ1n) is 10.7. The van der Waals surface area contributed by atoms with Crippen LogP contribution < -0.4 is 4.74 Å². The summed E-state index contributed by atoms with van der Waals surface area (Å²) in [5, 5.41) is 9.34. The Hall–Kier alpha value is -4.28. The number of carboxylic acids is 1. The van der Waals surface area contributed by atoms with E-state index in [2.05, 4.69) is 0 Å². The van der Waals surface area contributed by atoms with Gasteiger partial charge in [0.2, 0.25) is 0 Å². The molecule has 4 rings (SSSR count). The Balaban J connectivity index is 1.76. The minimum Gasteiger partial charge on any atom is -0.489 e. The van der Waals surface area contributed by atoms with Gasteiger partial charge in [0.1, 0.15) is 12.4 Å². The Morgan fingerprint density at radius 2 is 1.57 bits per heavy atom. The number of carbonyl (C=O) groups excluding carboxylic acids is 1. The second kappa shape index (κ2) is 9.64. The summed E-state index contributed by atoms with van der Waals surface area (Å²) in [6.07, 6.45) is -8.99. The molecule has 37 heavy (non-hydrogen) atoms. The zero-order valence-electron chi connectivity index (χ0n) is 18.7. The van der Waals surface area contributed by atoms with Crippen molar-refractivity contribution >= 4 is 22.7 Å². The number of nitrogens with zero attached hydrogens (tertiary/aromatic N) is 1. The van der Waals surface area contributed by atoms with Gasteiger partial charge in [-0.3, -0.25) is 4.79 Å². The zero-order chi connectivity index (χ0) is 27.0. The van der Waals surface area contributed by atoms with Crippen LogP contribution in [0.25, 0.3) is 10.9 Å². The smallest absolute Gasteiger partial charge is 0.416 e. The van der Waals surface area contributed by atoms with Gasteiger partial charge >= 0.3 is 18.3 Å². The lowest BCUT2D eigenvalue weighted by Gasteiger charge is -2.17. The van der Waals surface area contributed by atoms with Crippen molar-refractivity contribution in [1.82, 2.24) is 4.57 Å². The molecule has 0 spiro atoms. The van der Waals surface area contributed by atoms with Crippen LogP contribution in [0, 0.1) is 0 Å². The minimum atomic E-state index is -5.09. The fourth-order valence-electron chi connectivity index (χ4n) is 3.87.